The van der Waals surface area contributed by atoms with Crippen LogP contribution in [0.15, 0.2) is 12.1 Å². The summed E-state index contributed by atoms with van der Waals surface area (Å²) in [6, 6.07) is 3.96. The van der Waals surface area contributed by atoms with Crippen LogP contribution in [0.1, 0.15) is 23.7 Å². The SMILES string of the molecule is CC1C=c2c(N3CCSCC3)ccc3c2=C(C1)C(=O)N(CCN)C3=O. The van der Waals surface area contributed by atoms with E-state index in [1.807, 2.05) is 17.8 Å². The highest BCUT2D eigenvalue weighted by Crippen LogP contribution is 2.25. The molecular weight excluding hydrogens is 334 g/mol. The van der Waals surface area contributed by atoms with Gasteiger partial charge >= 0.3 is 0 Å². The molecule has 1 saturated heterocycles. The zero-order chi connectivity index (χ0) is 17.6. The fourth-order valence-corrected chi connectivity index (χ4v) is 4.96. The van der Waals surface area contributed by atoms with Crippen molar-refractivity contribution in [3.05, 3.63) is 28.1 Å². The van der Waals surface area contributed by atoms with Crippen LogP contribution in [0.3, 0.4) is 0 Å². The lowest BCUT2D eigenvalue weighted by Crippen LogP contribution is -2.53. The summed E-state index contributed by atoms with van der Waals surface area (Å²) in [5, 5.41) is 1.95. The topological polar surface area (TPSA) is 66.6 Å². The van der Waals surface area contributed by atoms with Gasteiger partial charge in [-0.3, -0.25) is 14.5 Å². The maximum atomic E-state index is 12.9. The van der Waals surface area contributed by atoms with Gasteiger partial charge in [-0.05, 0) is 24.5 Å². The predicted molar refractivity (Wildman–Crippen MR) is 102 cm³/mol. The van der Waals surface area contributed by atoms with Crippen molar-refractivity contribution < 1.29 is 9.59 Å². The summed E-state index contributed by atoms with van der Waals surface area (Å²) in [5.74, 6) is 2.15. The molecule has 1 fully saturated rings. The monoisotopic (exact) mass is 357 g/mol. The van der Waals surface area contributed by atoms with Gasteiger partial charge in [0.1, 0.15) is 0 Å². The molecule has 2 aliphatic heterocycles. The van der Waals surface area contributed by atoms with E-state index in [-0.39, 0.29) is 30.8 Å². The number of thioether (sulfide) groups is 1. The molecule has 4 rings (SSSR count). The van der Waals surface area contributed by atoms with Crippen molar-refractivity contribution in [3.8, 4) is 0 Å². The Hall–Kier alpha value is -1.79. The van der Waals surface area contributed by atoms with E-state index in [0.717, 1.165) is 46.3 Å². The molecule has 2 amide bonds. The van der Waals surface area contributed by atoms with E-state index in [9.17, 15) is 9.59 Å². The van der Waals surface area contributed by atoms with Crippen LogP contribution in [-0.4, -0.2) is 54.4 Å². The average molecular weight is 357 g/mol. The molecule has 1 unspecified atom stereocenters. The van der Waals surface area contributed by atoms with Crippen LogP contribution < -0.4 is 21.1 Å². The highest BCUT2D eigenvalue weighted by Gasteiger charge is 2.34. The van der Waals surface area contributed by atoms with Crippen molar-refractivity contribution in [1.29, 1.82) is 0 Å². The average Bonchev–Trinajstić information content (AvgIpc) is 2.63. The lowest BCUT2D eigenvalue weighted by molar-refractivity contribution is -0.123. The smallest absolute Gasteiger partial charge is 0.261 e. The van der Waals surface area contributed by atoms with Crippen LogP contribution in [0.4, 0.5) is 5.69 Å². The van der Waals surface area contributed by atoms with Crippen molar-refractivity contribution in [2.24, 2.45) is 11.7 Å². The van der Waals surface area contributed by atoms with Gasteiger partial charge < -0.3 is 10.6 Å². The van der Waals surface area contributed by atoms with Crippen molar-refractivity contribution in [2.75, 3.05) is 42.6 Å². The summed E-state index contributed by atoms with van der Waals surface area (Å²) in [5.41, 5.74) is 8.20. The molecule has 5 nitrogen and oxygen atoms in total. The van der Waals surface area contributed by atoms with E-state index in [2.05, 4.69) is 24.0 Å². The molecule has 0 spiro atoms. The van der Waals surface area contributed by atoms with Gasteiger partial charge in [-0.25, -0.2) is 0 Å². The maximum Gasteiger partial charge on any atom is 0.261 e. The summed E-state index contributed by atoms with van der Waals surface area (Å²) in [6.07, 6.45) is 2.92. The first-order valence-corrected chi connectivity index (χ1v) is 10.0. The lowest BCUT2D eigenvalue weighted by Gasteiger charge is -2.33. The number of carbonyl (C=O) groups excluding carboxylic acids is 2. The molecule has 1 aromatic carbocycles. The van der Waals surface area contributed by atoms with Gasteiger partial charge in [0.15, 0.2) is 0 Å². The van der Waals surface area contributed by atoms with Crippen LogP contribution in [0, 0.1) is 5.92 Å². The zero-order valence-electron chi connectivity index (χ0n) is 14.5. The number of nitrogens with two attached hydrogens (primary N) is 1. The van der Waals surface area contributed by atoms with Crippen molar-refractivity contribution in [2.45, 2.75) is 13.3 Å². The Balaban J connectivity index is 1.95. The van der Waals surface area contributed by atoms with Gasteiger partial charge in [0.05, 0.1) is 0 Å². The number of amides is 2. The van der Waals surface area contributed by atoms with E-state index in [1.54, 1.807) is 0 Å². The van der Waals surface area contributed by atoms with Crippen LogP contribution in [-0.2, 0) is 4.79 Å². The first-order valence-electron chi connectivity index (χ1n) is 8.89. The number of nitrogens with zero attached hydrogens (tertiary/aromatic N) is 2. The summed E-state index contributed by atoms with van der Waals surface area (Å²) < 4.78 is 0. The minimum absolute atomic E-state index is 0.157. The molecule has 2 heterocycles. The van der Waals surface area contributed by atoms with Gasteiger partial charge in [-0.15, -0.1) is 0 Å². The number of anilines is 1. The zero-order valence-corrected chi connectivity index (χ0v) is 15.3. The Morgan fingerprint density at radius 1 is 1.20 bits per heavy atom. The molecule has 0 radical (unpaired) electrons. The molecular formula is C19H23N3O2S. The molecule has 1 atom stereocenters. The highest BCUT2D eigenvalue weighted by atomic mass is 32.2. The summed E-state index contributed by atoms with van der Waals surface area (Å²) >= 11 is 1.97. The Morgan fingerprint density at radius 2 is 1.96 bits per heavy atom. The van der Waals surface area contributed by atoms with E-state index in [4.69, 9.17) is 5.73 Å². The fourth-order valence-electron chi connectivity index (χ4n) is 4.06. The van der Waals surface area contributed by atoms with Crippen LogP contribution >= 0.6 is 11.8 Å². The second-order valence-electron chi connectivity index (χ2n) is 6.90. The second kappa shape index (κ2) is 6.50. The first kappa shape index (κ1) is 16.7. The number of benzene rings is 1. The first-order chi connectivity index (χ1) is 12.1. The van der Waals surface area contributed by atoms with Gasteiger partial charge in [0.25, 0.3) is 11.8 Å². The predicted octanol–water partition coefficient (Wildman–Crippen LogP) is 0.152. The summed E-state index contributed by atoms with van der Waals surface area (Å²) in [7, 11) is 0. The third-order valence-electron chi connectivity index (χ3n) is 5.18. The third kappa shape index (κ3) is 2.68. The lowest BCUT2D eigenvalue weighted by atomic mass is 9.86. The van der Waals surface area contributed by atoms with Crippen LogP contribution in [0.5, 0.6) is 0 Å². The Kier molecular flexibility index (Phi) is 4.33. The molecule has 0 saturated carbocycles. The van der Waals surface area contributed by atoms with Gasteiger partial charge in [-0.2, -0.15) is 11.8 Å². The Bertz CT molecular complexity index is 858. The second-order valence-corrected chi connectivity index (χ2v) is 8.12. The molecule has 1 aliphatic carbocycles. The number of hydrogen-bond acceptors (Lipinski definition) is 5. The maximum absolute atomic E-state index is 12.9. The Morgan fingerprint density at radius 3 is 2.68 bits per heavy atom. The largest absolute Gasteiger partial charge is 0.369 e. The minimum atomic E-state index is -0.209. The standard InChI is InChI=1S/C19H23N3O2S/c1-12-10-14-16(21-6-8-25-9-7-21)3-2-13-17(14)15(11-12)19(24)22(5-4-20)18(13)23/h2-3,10,12H,4-9,11,20H2,1H3. The van der Waals surface area contributed by atoms with Crippen LogP contribution in [0.2, 0.25) is 0 Å². The highest BCUT2D eigenvalue weighted by molar-refractivity contribution is 7.99. The molecule has 0 aromatic heterocycles. The quantitative estimate of drug-likeness (QED) is 0.780. The number of hydrogen-bond donors (Lipinski definition) is 1. The normalized spacial score (nSPS) is 22.8. The summed E-state index contributed by atoms with van der Waals surface area (Å²) in [4.78, 5) is 29.5. The molecule has 25 heavy (non-hydrogen) atoms. The molecule has 3 aliphatic rings. The minimum Gasteiger partial charge on any atom is -0.369 e. The molecule has 1 aromatic rings. The van der Waals surface area contributed by atoms with Crippen molar-refractivity contribution in [1.82, 2.24) is 4.90 Å². The van der Waals surface area contributed by atoms with E-state index >= 15 is 0 Å². The Labute approximate surface area is 151 Å². The summed E-state index contributed by atoms with van der Waals surface area (Å²) in [6.45, 7) is 4.72. The molecule has 132 valence electrons. The molecule has 2 N–H and O–H groups in total. The third-order valence-corrected chi connectivity index (χ3v) is 6.13. The van der Waals surface area contributed by atoms with E-state index < -0.39 is 0 Å². The van der Waals surface area contributed by atoms with Crippen LogP contribution in [0.25, 0.3) is 11.6 Å². The molecule has 6 heteroatoms. The van der Waals surface area contributed by atoms with Gasteiger partial charge in [0, 0.05) is 64.9 Å². The molecule has 0 bridgehead atoms. The van der Waals surface area contributed by atoms with E-state index in [0.29, 0.717) is 12.0 Å². The van der Waals surface area contributed by atoms with Crippen molar-refractivity contribution in [3.63, 3.8) is 0 Å². The number of carbonyl (C=O) groups is 2. The van der Waals surface area contributed by atoms with Gasteiger partial charge in [-0.1, -0.05) is 13.0 Å². The van der Waals surface area contributed by atoms with Crippen molar-refractivity contribution >= 4 is 40.9 Å². The number of imide groups is 1. The number of rotatable bonds is 3. The fraction of sp³-hybridized carbons (Fsp3) is 0.474. The van der Waals surface area contributed by atoms with E-state index in [1.165, 1.54) is 4.90 Å². The van der Waals surface area contributed by atoms with Gasteiger partial charge in [0.2, 0.25) is 0 Å².